The van der Waals surface area contributed by atoms with Crippen molar-refractivity contribution >= 4 is 5.82 Å². The normalized spacial score (nSPS) is 20.3. The summed E-state index contributed by atoms with van der Waals surface area (Å²) in [5.74, 6) is 0.967. The molecule has 1 fully saturated rings. The van der Waals surface area contributed by atoms with Crippen LogP contribution in [0.1, 0.15) is 49.9 Å². The highest BCUT2D eigenvalue weighted by Gasteiger charge is 2.26. The molecule has 1 N–H and O–H groups in total. The number of rotatable bonds is 5. The van der Waals surface area contributed by atoms with Crippen molar-refractivity contribution in [3.8, 4) is 0 Å². The Balaban J connectivity index is 2.14. The van der Waals surface area contributed by atoms with Gasteiger partial charge in [-0.25, -0.2) is 4.98 Å². The summed E-state index contributed by atoms with van der Waals surface area (Å²) in [6.07, 6.45) is 5.18. The Labute approximate surface area is 111 Å². The fourth-order valence-electron chi connectivity index (χ4n) is 2.87. The van der Waals surface area contributed by atoms with E-state index in [4.69, 9.17) is 0 Å². The standard InChI is InChI=1S/C15H25N3/c1-4-5-10-18-11-6-7-14(18)13-8-9-15(16-3)17-12(13)2/h8-9,14H,4-7,10-11H2,1-3H3,(H,16,17). The SMILES string of the molecule is CCCCN1CCCC1c1ccc(NC)nc1C. The van der Waals surface area contributed by atoms with E-state index in [1.54, 1.807) is 0 Å². The summed E-state index contributed by atoms with van der Waals surface area (Å²) in [7, 11) is 1.92. The summed E-state index contributed by atoms with van der Waals surface area (Å²) in [5.41, 5.74) is 2.60. The number of nitrogens with one attached hydrogen (secondary N) is 1. The zero-order chi connectivity index (χ0) is 13.0. The Kier molecular flexibility index (Phi) is 4.59. The van der Waals surface area contributed by atoms with E-state index in [0.29, 0.717) is 6.04 Å². The lowest BCUT2D eigenvalue weighted by atomic mass is 10.0. The largest absolute Gasteiger partial charge is 0.373 e. The van der Waals surface area contributed by atoms with Crippen molar-refractivity contribution in [2.24, 2.45) is 0 Å². The Morgan fingerprint density at radius 2 is 2.28 bits per heavy atom. The molecule has 3 heteroatoms. The number of hydrogen-bond donors (Lipinski definition) is 1. The molecule has 2 heterocycles. The molecule has 1 aromatic rings. The number of unbranched alkanes of at least 4 members (excludes halogenated alkanes) is 1. The Hall–Kier alpha value is -1.09. The third-order valence-corrected chi connectivity index (χ3v) is 3.90. The van der Waals surface area contributed by atoms with Crippen LogP contribution in [0.3, 0.4) is 0 Å². The quantitative estimate of drug-likeness (QED) is 0.864. The van der Waals surface area contributed by atoms with Crippen molar-refractivity contribution < 1.29 is 0 Å². The Morgan fingerprint density at radius 1 is 1.44 bits per heavy atom. The summed E-state index contributed by atoms with van der Waals surface area (Å²) >= 11 is 0. The molecule has 1 aliphatic rings. The molecule has 0 aliphatic carbocycles. The second kappa shape index (κ2) is 6.19. The van der Waals surface area contributed by atoms with Crippen molar-refractivity contribution in [2.75, 3.05) is 25.5 Å². The molecule has 3 nitrogen and oxygen atoms in total. The first-order valence-electron chi connectivity index (χ1n) is 7.15. The topological polar surface area (TPSA) is 28.2 Å². The average molecular weight is 247 g/mol. The van der Waals surface area contributed by atoms with Crippen LogP contribution in [0, 0.1) is 6.92 Å². The number of likely N-dealkylation sites (tertiary alicyclic amines) is 1. The molecule has 0 saturated carbocycles. The molecular weight excluding hydrogens is 222 g/mol. The zero-order valence-corrected chi connectivity index (χ0v) is 11.9. The second-order valence-electron chi connectivity index (χ2n) is 5.17. The maximum Gasteiger partial charge on any atom is 0.125 e. The van der Waals surface area contributed by atoms with Gasteiger partial charge >= 0.3 is 0 Å². The van der Waals surface area contributed by atoms with Crippen LogP contribution in [-0.2, 0) is 0 Å². The second-order valence-corrected chi connectivity index (χ2v) is 5.17. The summed E-state index contributed by atoms with van der Waals surface area (Å²) < 4.78 is 0. The maximum absolute atomic E-state index is 4.61. The van der Waals surface area contributed by atoms with Crippen LogP contribution in [0.5, 0.6) is 0 Å². The number of nitrogens with zero attached hydrogens (tertiary/aromatic N) is 2. The van der Waals surface area contributed by atoms with E-state index < -0.39 is 0 Å². The van der Waals surface area contributed by atoms with Gasteiger partial charge in [-0.15, -0.1) is 0 Å². The number of anilines is 1. The highest BCUT2D eigenvalue weighted by atomic mass is 15.2. The van der Waals surface area contributed by atoms with Crippen LogP contribution >= 0.6 is 0 Å². The van der Waals surface area contributed by atoms with Gasteiger partial charge in [-0.3, -0.25) is 4.90 Å². The lowest BCUT2D eigenvalue weighted by Crippen LogP contribution is -2.25. The van der Waals surface area contributed by atoms with Gasteiger partial charge in [0.15, 0.2) is 0 Å². The minimum Gasteiger partial charge on any atom is -0.373 e. The van der Waals surface area contributed by atoms with Crippen molar-refractivity contribution in [1.82, 2.24) is 9.88 Å². The first-order chi connectivity index (χ1) is 8.76. The third kappa shape index (κ3) is 2.83. The first-order valence-corrected chi connectivity index (χ1v) is 7.15. The first kappa shape index (κ1) is 13.3. The van der Waals surface area contributed by atoms with Crippen LogP contribution < -0.4 is 5.32 Å². The maximum atomic E-state index is 4.61. The molecule has 0 amide bonds. The minimum absolute atomic E-state index is 0.593. The van der Waals surface area contributed by atoms with E-state index in [2.05, 4.69) is 41.2 Å². The van der Waals surface area contributed by atoms with Crippen LogP contribution in [0.4, 0.5) is 5.82 Å². The van der Waals surface area contributed by atoms with E-state index in [9.17, 15) is 0 Å². The summed E-state index contributed by atoms with van der Waals surface area (Å²) in [6, 6.07) is 4.94. The predicted molar refractivity (Wildman–Crippen MR) is 77.0 cm³/mol. The molecule has 2 rings (SSSR count). The van der Waals surface area contributed by atoms with E-state index in [-0.39, 0.29) is 0 Å². The minimum atomic E-state index is 0.593. The van der Waals surface area contributed by atoms with Gasteiger partial charge in [0.2, 0.25) is 0 Å². The third-order valence-electron chi connectivity index (χ3n) is 3.90. The van der Waals surface area contributed by atoms with Gasteiger partial charge in [0.05, 0.1) is 0 Å². The van der Waals surface area contributed by atoms with Crippen molar-refractivity contribution in [2.45, 2.75) is 45.6 Å². The molecule has 18 heavy (non-hydrogen) atoms. The van der Waals surface area contributed by atoms with Gasteiger partial charge in [-0.05, 0) is 50.9 Å². The van der Waals surface area contributed by atoms with Crippen LogP contribution in [0.25, 0.3) is 0 Å². The smallest absolute Gasteiger partial charge is 0.125 e. The predicted octanol–water partition coefficient (Wildman–Crippen LogP) is 3.37. The fourth-order valence-corrected chi connectivity index (χ4v) is 2.87. The molecule has 0 aromatic carbocycles. The highest BCUT2D eigenvalue weighted by molar-refractivity contribution is 5.39. The number of aromatic nitrogens is 1. The van der Waals surface area contributed by atoms with E-state index >= 15 is 0 Å². The molecular formula is C15H25N3. The average Bonchev–Trinajstić information content (AvgIpc) is 2.84. The van der Waals surface area contributed by atoms with Gasteiger partial charge in [0, 0.05) is 18.8 Å². The monoisotopic (exact) mass is 247 g/mol. The summed E-state index contributed by atoms with van der Waals surface area (Å²) in [4.78, 5) is 7.24. The van der Waals surface area contributed by atoms with Crippen LogP contribution in [-0.4, -0.2) is 30.0 Å². The molecule has 1 atom stereocenters. The van der Waals surface area contributed by atoms with Gasteiger partial charge in [0.25, 0.3) is 0 Å². The number of pyridine rings is 1. The fraction of sp³-hybridized carbons (Fsp3) is 0.667. The molecule has 0 bridgehead atoms. The van der Waals surface area contributed by atoms with Gasteiger partial charge in [-0.2, -0.15) is 0 Å². The van der Waals surface area contributed by atoms with Crippen molar-refractivity contribution in [1.29, 1.82) is 0 Å². The lowest BCUT2D eigenvalue weighted by Gasteiger charge is -2.25. The number of aryl methyl sites for hydroxylation is 1. The van der Waals surface area contributed by atoms with Crippen LogP contribution in [0.15, 0.2) is 12.1 Å². The molecule has 1 unspecified atom stereocenters. The lowest BCUT2D eigenvalue weighted by molar-refractivity contribution is 0.252. The Morgan fingerprint density at radius 3 is 2.94 bits per heavy atom. The molecule has 0 spiro atoms. The van der Waals surface area contributed by atoms with E-state index in [1.807, 2.05) is 7.05 Å². The highest BCUT2D eigenvalue weighted by Crippen LogP contribution is 2.33. The van der Waals surface area contributed by atoms with Crippen molar-refractivity contribution in [3.05, 3.63) is 23.4 Å². The van der Waals surface area contributed by atoms with Gasteiger partial charge < -0.3 is 5.32 Å². The number of hydrogen-bond acceptors (Lipinski definition) is 3. The molecule has 1 saturated heterocycles. The summed E-state index contributed by atoms with van der Waals surface area (Å²) in [5, 5.41) is 3.11. The molecule has 1 aromatic heterocycles. The van der Waals surface area contributed by atoms with Crippen molar-refractivity contribution in [3.63, 3.8) is 0 Å². The Bertz CT molecular complexity index is 389. The molecule has 1 aliphatic heterocycles. The molecule has 100 valence electrons. The van der Waals surface area contributed by atoms with Gasteiger partial charge in [0.1, 0.15) is 5.82 Å². The zero-order valence-electron chi connectivity index (χ0n) is 11.9. The van der Waals surface area contributed by atoms with E-state index in [0.717, 1.165) is 5.82 Å². The van der Waals surface area contributed by atoms with Gasteiger partial charge in [-0.1, -0.05) is 19.4 Å². The molecule has 0 radical (unpaired) electrons. The van der Waals surface area contributed by atoms with E-state index in [1.165, 1.54) is 50.0 Å². The summed E-state index contributed by atoms with van der Waals surface area (Å²) in [6.45, 7) is 6.87. The van der Waals surface area contributed by atoms with Crippen LogP contribution in [0.2, 0.25) is 0 Å².